The van der Waals surface area contributed by atoms with Crippen molar-refractivity contribution in [2.75, 3.05) is 19.3 Å². The Kier molecular flexibility index (Phi) is 3.74. The maximum absolute atomic E-state index is 12.5. The molecule has 1 heterocycles. The molecule has 1 aliphatic heterocycles. The van der Waals surface area contributed by atoms with E-state index >= 15 is 0 Å². The third-order valence-electron chi connectivity index (χ3n) is 3.54. The number of anilines is 1. The quantitative estimate of drug-likeness (QED) is 0.778. The molecule has 1 unspecified atom stereocenters. The number of aryl methyl sites for hydroxylation is 1. The van der Waals surface area contributed by atoms with E-state index in [0.717, 1.165) is 18.4 Å². The number of amides is 2. The van der Waals surface area contributed by atoms with Gasteiger partial charge in [0.05, 0.1) is 0 Å². The van der Waals surface area contributed by atoms with Gasteiger partial charge in [0, 0.05) is 24.8 Å². The van der Waals surface area contributed by atoms with Gasteiger partial charge in [-0.15, -0.1) is 0 Å². The van der Waals surface area contributed by atoms with Crippen molar-refractivity contribution in [1.82, 2.24) is 10.2 Å². The maximum Gasteiger partial charge on any atom is 0.254 e. The molecule has 1 saturated heterocycles. The first-order chi connectivity index (χ1) is 9.04. The van der Waals surface area contributed by atoms with Crippen LogP contribution in [0.2, 0.25) is 0 Å². The highest BCUT2D eigenvalue weighted by Gasteiger charge is 2.34. The van der Waals surface area contributed by atoms with Crippen LogP contribution in [0.25, 0.3) is 0 Å². The van der Waals surface area contributed by atoms with Gasteiger partial charge in [-0.25, -0.2) is 0 Å². The van der Waals surface area contributed by atoms with Gasteiger partial charge in [-0.05, 0) is 43.5 Å². The van der Waals surface area contributed by atoms with Crippen LogP contribution in [0.4, 0.5) is 5.69 Å². The fourth-order valence-corrected chi connectivity index (χ4v) is 2.53. The summed E-state index contributed by atoms with van der Waals surface area (Å²) in [6.07, 6.45) is 1.58. The van der Waals surface area contributed by atoms with Crippen LogP contribution in [0.1, 0.15) is 28.8 Å². The first-order valence-electron chi connectivity index (χ1n) is 6.43. The summed E-state index contributed by atoms with van der Waals surface area (Å²) in [6.45, 7) is 2.48. The fraction of sp³-hybridized carbons (Fsp3) is 0.429. The summed E-state index contributed by atoms with van der Waals surface area (Å²) in [5, 5.41) is 2.61. The van der Waals surface area contributed by atoms with Crippen molar-refractivity contribution in [3.63, 3.8) is 0 Å². The van der Waals surface area contributed by atoms with E-state index in [-0.39, 0.29) is 17.9 Å². The monoisotopic (exact) mass is 261 g/mol. The number of nitrogens with one attached hydrogen (secondary N) is 1. The molecule has 1 fully saturated rings. The number of carbonyl (C=O) groups is 2. The van der Waals surface area contributed by atoms with Crippen molar-refractivity contribution < 1.29 is 9.59 Å². The lowest BCUT2D eigenvalue weighted by molar-refractivity contribution is -0.124. The Bertz CT molecular complexity index is 513. The number of likely N-dealkylation sites (N-methyl/N-ethyl adjacent to an activating group) is 1. The van der Waals surface area contributed by atoms with Crippen LogP contribution in [0.5, 0.6) is 0 Å². The van der Waals surface area contributed by atoms with Crippen LogP contribution >= 0.6 is 0 Å². The third-order valence-corrected chi connectivity index (χ3v) is 3.54. The molecule has 0 aliphatic carbocycles. The van der Waals surface area contributed by atoms with Crippen molar-refractivity contribution in [2.24, 2.45) is 0 Å². The van der Waals surface area contributed by atoms with E-state index in [2.05, 4.69) is 5.32 Å². The molecule has 1 aromatic rings. The molecule has 2 rings (SSSR count). The Hall–Kier alpha value is -2.04. The molecular weight excluding hydrogens is 242 g/mol. The van der Waals surface area contributed by atoms with Crippen molar-refractivity contribution >= 4 is 17.5 Å². The van der Waals surface area contributed by atoms with E-state index in [1.165, 1.54) is 0 Å². The maximum atomic E-state index is 12.5. The summed E-state index contributed by atoms with van der Waals surface area (Å²) in [7, 11) is 1.60. The molecule has 1 aromatic carbocycles. The highest BCUT2D eigenvalue weighted by atomic mass is 16.2. The molecule has 5 heteroatoms. The molecule has 0 saturated carbocycles. The lowest BCUT2D eigenvalue weighted by Gasteiger charge is -2.24. The summed E-state index contributed by atoms with van der Waals surface area (Å²) in [4.78, 5) is 25.9. The van der Waals surface area contributed by atoms with Crippen LogP contribution < -0.4 is 11.1 Å². The minimum atomic E-state index is -0.352. The molecule has 1 atom stereocenters. The van der Waals surface area contributed by atoms with E-state index in [1.807, 2.05) is 6.92 Å². The van der Waals surface area contributed by atoms with E-state index in [4.69, 9.17) is 5.73 Å². The Morgan fingerprint density at radius 1 is 1.42 bits per heavy atom. The predicted octanol–water partition coefficient (Wildman–Crippen LogP) is 0.928. The number of likely N-dealkylation sites (tertiary alicyclic amines) is 1. The molecular formula is C14H19N3O2. The molecule has 2 amide bonds. The fourth-order valence-electron chi connectivity index (χ4n) is 2.53. The second-order valence-electron chi connectivity index (χ2n) is 4.85. The number of nitrogen functional groups attached to an aromatic ring is 1. The average molecular weight is 261 g/mol. The lowest BCUT2D eigenvalue weighted by Crippen LogP contribution is -2.45. The molecule has 102 valence electrons. The van der Waals surface area contributed by atoms with Crippen LogP contribution in [-0.2, 0) is 4.79 Å². The van der Waals surface area contributed by atoms with Gasteiger partial charge in [-0.2, -0.15) is 0 Å². The van der Waals surface area contributed by atoms with Crippen molar-refractivity contribution in [3.05, 3.63) is 29.3 Å². The van der Waals surface area contributed by atoms with Gasteiger partial charge in [0.2, 0.25) is 5.91 Å². The number of nitrogens with two attached hydrogens (primary N) is 1. The van der Waals surface area contributed by atoms with Gasteiger partial charge in [0.25, 0.3) is 5.91 Å². The Morgan fingerprint density at radius 3 is 2.79 bits per heavy atom. The number of hydrogen-bond donors (Lipinski definition) is 2. The highest BCUT2D eigenvalue weighted by molar-refractivity contribution is 5.99. The SMILES string of the molecule is CNC(=O)C1CCCN1C(=O)c1ccc(N)cc1C. The minimum Gasteiger partial charge on any atom is -0.399 e. The molecule has 0 radical (unpaired) electrons. The summed E-state index contributed by atoms with van der Waals surface area (Å²) in [5.41, 5.74) is 7.78. The van der Waals surface area contributed by atoms with E-state index in [0.29, 0.717) is 17.8 Å². The first-order valence-corrected chi connectivity index (χ1v) is 6.43. The molecule has 3 N–H and O–H groups in total. The Balaban J connectivity index is 2.25. The highest BCUT2D eigenvalue weighted by Crippen LogP contribution is 2.22. The van der Waals surface area contributed by atoms with Crippen LogP contribution in [0, 0.1) is 6.92 Å². The normalized spacial score (nSPS) is 18.4. The van der Waals surface area contributed by atoms with Gasteiger partial charge < -0.3 is 16.0 Å². The Morgan fingerprint density at radius 2 is 2.16 bits per heavy atom. The van der Waals surface area contributed by atoms with Gasteiger partial charge in [0.1, 0.15) is 6.04 Å². The van der Waals surface area contributed by atoms with Crippen molar-refractivity contribution in [1.29, 1.82) is 0 Å². The van der Waals surface area contributed by atoms with Gasteiger partial charge in [0.15, 0.2) is 0 Å². The van der Waals surface area contributed by atoms with Crippen molar-refractivity contribution in [2.45, 2.75) is 25.8 Å². The summed E-state index contributed by atoms with van der Waals surface area (Å²) in [5.74, 6) is -0.192. The number of hydrogen-bond acceptors (Lipinski definition) is 3. The zero-order valence-electron chi connectivity index (χ0n) is 11.3. The molecule has 19 heavy (non-hydrogen) atoms. The second kappa shape index (κ2) is 5.30. The van der Waals surface area contributed by atoms with E-state index in [1.54, 1.807) is 30.1 Å². The van der Waals surface area contributed by atoms with Crippen LogP contribution in [0.3, 0.4) is 0 Å². The summed E-state index contributed by atoms with van der Waals surface area (Å²) < 4.78 is 0. The first kappa shape index (κ1) is 13.4. The van der Waals surface area contributed by atoms with Crippen LogP contribution in [0.15, 0.2) is 18.2 Å². The van der Waals surface area contributed by atoms with Gasteiger partial charge in [-0.3, -0.25) is 9.59 Å². The number of rotatable bonds is 2. The van der Waals surface area contributed by atoms with Gasteiger partial charge >= 0.3 is 0 Å². The van der Waals surface area contributed by atoms with Gasteiger partial charge in [-0.1, -0.05) is 0 Å². The zero-order valence-corrected chi connectivity index (χ0v) is 11.3. The molecule has 0 bridgehead atoms. The molecule has 0 aromatic heterocycles. The molecule has 0 spiro atoms. The second-order valence-corrected chi connectivity index (χ2v) is 4.85. The van der Waals surface area contributed by atoms with Crippen molar-refractivity contribution in [3.8, 4) is 0 Å². The molecule has 1 aliphatic rings. The molecule has 5 nitrogen and oxygen atoms in total. The third kappa shape index (κ3) is 2.54. The van der Waals surface area contributed by atoms with E-state index in [9.17, 15) is 9.59 Å². The average Bonchev–Trinajstić information content (AvgIpc) is 2.86. The zero-order chi connectivity index (χ0) is 14.0. The number of carbonyl (C=O) groups excluding carboxylic acids is 2. The summed E-state index contributed by atoms with van der Waals surface area (Å²) in [6, 6.07) is 4.87. The Labute approximate surface area is 112 Å². The minimum absolute atomic E-state index is 0.0939. The predicted molar refractivity (Wildman–Crippen MR) is 73.7 cm³/mol. The number of benzene rings is 1. The standard InChI is InChI=1S/C14H19N3O2/c1-9-8-10(15)5-6-11(9)14(19)17-7-3-4-12(17)13(18)16-2/h5-6,8,12H,3-4,7,15H2,1-2H3,(H,16,18). The summed E-state index contributed by atoms with van der Waals surface area (Å²) >= 11 is 0. The largest absolute Gasteiger partial charge is 0.399 e. The van der Waals surface area contributed by atoms with E-state index < -0.39 is 0 Å². The number of nitrogens with zero attached hydrogens (tertiary/aromatic N) is 1. The smallest absolute Gasteiger partial charge is 0.254 e. The lowest BCUT2D eigenvalue weighted by atomic mass is 10.1. The topological polar surface area (TPSA) is 75.4 Å². The van der Waals surface area contributed by atoms with Crippen LogP contribution in [-0.4, -0.2) is 36.3 Å².